The topological polar surface area (TPSA) is 98.9 Å². The molecule has 146 valence electrons. The number of amides is 1. The highest BCUT2D eigenvalue weighted by Crippen LogP contribution is 2.17. The van der Waals surface area contributed by atoms with Gasteiger partial charge >= 0.3 is 0 Å². The van der Waals surface area contributed by atoms with Gasteiger partial charge in [-0.2, -0.15) is 5.10 Å². The van der Waals surface area contributed by atoms with Crippen LogP contribution in [0.4, 0.5) is 0 Å². The molecule has 2 aromatic heterocycles. The third-order valence-electron chi connectivity index (χ3n) is 4.24. The van der Waals surface area contributed by atoms with Gasteiger partial charge in [-0.05, 0) is 29.8 Å². The summed E-state index contributed by atoms with van der Waals surface area (Å²) < 4.78 is 31.1. The minimum atomic E-state index is -4.08. The monoisotopic (exact) mass is 407 g/mol. The van der Waals surface area contributed by atoms with Crippen LogP contribution in [0, 0.1) is 0 Å². The van der Waals surface area contributed by atoms with Crippen LogP contribution in [0.1, 0.15) is 16.1 Å². The lowest BCUT2D eigenvalue weighted by molar-refractivity contribution is 0.0976. The van der Waals surface area contributed by atoms with Gasteiger partial charge in [-0.15, -0.1) is 0 Å². The Morgan fingerprint density at radius 1 is 0.966 bits per heavy atom. The van der Waals surface area contributed by atoms with E-state index in [-0.39, 0.29) is 10.6 Å². The molecule has 0 aliphatic carbocycles. The van der Waals surface area contributed by atoms with Gasteiger partial charge in [0.25, 0.3) is 15.9 Å². The Kier molecular flexibility index (Phi) is 4.96. The van der Waals surface area contributed by atoms with E-state index < -0.39 is 15.9 Å². The lowest BCUT2D eigenvalue weighted by atomic mass is 10.2. The van der Waals surface area contributed by atoms with Gasteiger partial charge in [0.2, 0.25) is 0 Å². The Morgan fingerprint density at radius 2 is 1.72 bits per heavy atom. The SMILES string of the molecule is O=C(NS(=O)(=O)c1ccccc1Cn1ccnc1)c1ccn(-c2ccccc2)n1. The summed E-state index contributed by atoms with van der Waals surface area (Å²) in [5.74, 6) is -0.794. The Hall–Kier alpha value is -3.72. The summed E-state index contributed by atoms with van der Waals surface area (Å²) in [6.07, 6.45) is 6.54. The van der Waals surface area contributed by atoms with Gasteiger partial charge in [0.1, 0.15) is 0 Å². The van der Waals surface area contributed by atoms with Crippen LogP contribution >= 0.6 is 0 Å². The van der Waals surface area contributed by atoms with Gasteiger partial charge in [-0.1, -0.05) is 36.4 Å². The van der Waals surface area contributed by atoms with E-state index in [0.717, 1.165) is 5.69 Å². The van der Waals surface area contributed by atoms with Gasteiger partial charge in [-0.3, -0.25) is 4.79 Å². The molecule has 0 radical (unpaired) electrons. The normalized spacial score (nSPS) is 11.3. The second-order valence-electron chi connectivity index (χ2n) is 6.26. The third-order valence-corrected chi connectivity index (χ3v) is 5.68. The van der Waals surface area contributed by atoms with Gasteiger partial charge in [0.15, 0.2) is 5.69 Å². The summed E-state index contributed by atoms with van der Waals surface area (Å²) in [5, 5.41) is 4.17. The Bertz CT molecular complexity index is 1230. The number of imidazole rings is 1. The van der Waals surface area contributed by atoms with Gasteiger partial charge in [-0.25, -0.2) is 22.8 Å². The molecule has 29 heavy (non-hydrogen) atoms. The minimum absolute atomic E-state index is 0.00418. The third kappa shape index (κ3) is 4.09. The lowest BCUT2D eigenvalue weighted by Gasteiger charge is -2.11. The fourth-order valence-electron chi connectivity index (χ4n) is 2.87. The molecule has 1 amide bonds. The van der Waals surface area contributed by atoms with E-state index in [4.69, 9.17) is 0 Å². The van der Waals surface area contributed by atoms with E-state index in [2.05, 4.69) is 14.8 Å². The molecule has 0 spiro atoms. The average molecular weight is 407 g/mol. The number of hydrogen-bond donors (Lipinski definition) is 1. The number of aromatic nitrogens is 4. The number of rotatable bonds is 6. The molecule has 0 saturated carbocycles. The molecule has 0 unspecified atom stereocenters. The van der Waals surface area contributed by atoms with Gasteiger partial charge < -0.3 is 4.57 Å². The average Bonchev–Trinajstić information content (AvgIpc) is 3.41. The fourth-order valence-corrected chi connectivity index (χ4v) is 4.07. The maximum absolute atomic E-state index is 12.9. The van der Waals surface area contributed by atoms with E-state index in [1.807, 2.05) is 30.3 Å². The highest BCUT2D eigenvalue weighted by Gasteiger charge is 2.23. The molecule has 1 N–H and O–H groups in total. The largest absolute Gasteiger partial charge is 0.333 e. The number of hydrogen-bond acceptors (Lipinski definition) is 5. The highest BCUT2D eigenvalue weighted by atomic mass is 32.2. The standard InChI is InChI=1S/C20H17N5O3S/c26-20(18-10-12-25(22-18)17-7-2-1-3-8-17)23-29(27,28)19-9-5-4-6-16(19)14-24-13-11-21-15-24/h1-13,15H,14H2,(H,23,26). The maximum atomic E-state index is 12.9. The highest BCUT2D eigenvalue weighted by molar-refractivity contribution is 7.90. The van der Waals surface area contributed by atoms with Crippen LogP contribution in [0.25, 0.3) is 5.69 Å². The zero-order valence-electron chi connectivity index (χ0n) is 15.2. The first-order valence-corrected chi connectivity index (χ1v) is 10.2. The van der Waals surface area contributed by atoms with E-state index in [0.29, 0.717) is 12.1 Å². The van der Waals surface area contributed by atoms with Gasteiger partial charge in [0, 0.05) is 25.1 Å². The van der Waals surface area contributed by atoms with Crippen molar-refractivity contribution in [2.24, 2.45) is 0 Å². The lowest BCUT2D eigenvalue weighted by Crippen LogP contribution is -2.31. The van der Waals surface area contributed by atoms with Crippen molar-refractivity contribution in [3.05, 3.63) is 96.8 Å². The van der Waals surface area contributed by atoms with Crippen molar-refractivity contribution >= 4 is 15.9 Å². The number of benzene rings is 2. The number of nitrogens with zero attached hydrogens (tertiary/aromatic N) is 4. The van der Waals surface area contributed by atoms with Crippen LogP contribution < -0.4 is 4.72 Å². The van der Waals surface area contributed by atoms with Crippen LogP contribution in [0.15, 0.2) is 90.5 Å². The number of carbonyl (C=O) groups is 1. The van der Waals surface area contributed by atoms with Crippen molar-refractivity contribution in [3.63, 3.8) is 0 Å². The van der Waals surface area contributed by atoms with Crippen LogP contribution in [0.2, 0.25) is 0 Å². The van der Waals surface area contributed by atoms with Crippen LogP contribution in [-0.2, 0) is 16.6 Å². The van der Waals surface area contributed by atoms with Crippen LogP contribution in [0.3, 0.4) is 0 Å². The van der Waals surface area contributed by atoms with Crippen molar-refractivity contribution in [1.82, 2.24) is 24.1 Å². The fraction of sp³-hybridized carbons (Fsp3) is 0.0500. The smallest absolute Gasteiger partial charge is 0.285 e. The summed E-state index contributed by atoms with van der Waals surface area (Å²) in [5.41, 5.74) is 1.31. The van der Waals surface area contributed by atoms with E-state index >= 15 is 0 Å². The molecule has 9 heteroatoms. The first kappa shape index (κ1) is 18.6. The Morgan fingerprint density at radius 3 is 2.48 bits per heavy atom. The summed E-state index contributed by atoms with van der Waals surface area (Å²) in [4.78, 5) is 16.5. The minimum Gasteiger partial charge on any atom is -0.333 e. The molecule has 0 bridgehead atoms. The molecule has 2 aromatic carbocycles. The first-order valence-electron chi connectivity index (χ1n) is 8.75. The Labute approximate surface area is 167 Å². The predicted molar refractivity (Wildman–Crippen MR) is 106 cm³/mol. The molecule has 4 rings (SSSR count). The molecule has 0 saturated heterocycles. The molecule has 2 heterocycles. The molecule has 0 fully saturated rings. The van der Waals surface area contributed by atoms with Crippen LogP contribution in [-0.4, -0.2) is 33.7 Å². The van der Waals surface area contributed by atoms with Gasteiger partial charge in [0.05, 0.1) is 16.9 Å². The predicted octanol–water partition coefficient (Wildman–Crippen LogP) is 2.24. The summed E-state index contributed by atoms with van der Waals surface area (Å²) in [6, 6.07) is 17.2. The second kappa shape index (κ2) is 7.72. The quantitative estimate of drug-likeness (QED) is 0.528. The number of carbonyl (C=O) groups excluding carboxylic acids is 1. The molecule has 0 aliphatic rings. The van der Waals surface area contributed by atoms with Crippen molar-refractivity contribution in [3.8, 4) is 5.69 Å². The first-order chi connectivity index (χ1) is 14.0. The van der Waals surface area contributed by atoms with Crippen molar-refractivity contribution < 1.29 is 13.2 Å². The van der Waals surface area contributed by atoms with E-state index in [1.165, 1.54) is 16.8 Å². The molecule has 4 aromatic rings. The zero-order valence-corrected chi connectivity index (χ0v) is 16.0. The molecule has 0 aliphatic heterocycles. The summed E-state index contributed by atoms with van der Waals surface area (Å²) in [7, 11) is -4.08. The number of nitrogens with one attached hydrogen (secondary N) is 1. The van der Waals surface area contributed by atoms with Crippen LogP contribution in [0.5, 0.6) is 0 Å². The summed E-state index contributed by atoms with van der Waals surface area (Å²) in [6.45, 7) is 0.313. The van der Waals surface area contributed by atoms with E-state index in [9.17, 15) is 13.2 Å². The van der Waals surface area contributed by atoms with Crippen molar-refractivity contribution in [2.75, 3.05) is 0 Å². The number of para-hydroxylation sites is 1. The molecule has 8 nitrogen and oxygen atoms in total. The second-order valence-corrected chi connectivity index (χ2v) is 7.91. The molecule has 0 atom stereocenters. The van der Waals surface area contributed by atoms with Crippen molar-refractivity contribution in [2.45, 2.75) is 11.4 Å². The summed E-state index contributed by atoms with van der Waals surface area (Å²) >= 11 is 0. The molecular weight excluding hydrogens is 390 g/mol. The van der Waals surface area contributed by atoms with E-state index in [1.54, 1.807) is 47.7 Å². The Balaban J connectivity index is 1.57. The maximum Gasteiger partial charge on any atom is 0.285 e. The number of sulfonamides is 1. The molecular formula is C20H17N5O3S. The zero-order chi connectivity index (χ0) is 20.3. The van der Waals surface area contributed by atoms with Crippen molar-refractivity contribution in [1.29, 1.82) is 0 Å².